The minimum Gasteiger partial charge on any atom is -0.352 e. The lowest BCUT2D eigenvalue weighted by molar-refractivity contribution is -0.122. The Labute approximate surface area is 102 Å². The van der Waals surface area contributed by atoms with E-state index in [0.29, 0.717) is 6.54 Å². The summed E-state index contributed by atoms with van der Waals surface area (Å²) in [5, 5.41) is 7.40. The van der Waals surface area contributed by atoms with Crippen molar-refractivity contribution in [2.45, 2.75) is 58.5 Å². The van der Waals surface area contributed by atoms with Crippen LogP contribution in [0.1, 0.15) is 44.4 Å². The second-order valence-electron chi connectivity index (χ2n) is 5.08. The van der Waals surface area contributed by atoms with E-state index < -0.39 is 0 Å². The lowest BCUT2D eigenvalue weighted by Gasteiger charge is -2.07. The molecule has 17 heavy (non-hydrogen) atoms. The average molecular weight is 235 g/mol. The monoisotopic (exact) mass is 235 g/mol. The zero-order valence-corrected chi connectivity index (χ0v) is 10.7. The van der Waals surface area contributed by atoms with E-state index in [1.807, 2.05) is 20.0 Å². The number of hydrogen-bond acceptors (Lipinski definition) is 2. The van der Waals surface area contributed by atoms with Gasteiger partial charge in [0.1, 0.15) is 6.54 Å². The van der Waals surface area contributed by atoms with Crippen molar-refractivity contribution in [2.75, 3.05) is 0 Å². The average Bonchev–Trinajstić information content (AvgIpc) is 2.46. The molecule has 1 aromatic heterocycles. The number of fused-ring (bicyclic) bond motifs is 1. The molecule has 0 aromatic carbocycles. The van der Waals surface area contributed by atoms with Crippen LogP contribution >= 0.6 is 0 Å². The van der Waals surface area contributed by atoms with Gasteiger partial charge < -0.3 is 5.32 Å². The van der Waals surface area contributed by atoms with Gasteiger partial charge in [0.15, 0.2) is 0 Å². The van der Waals surface area contributed by atoms with Crippen LogP contribution in [0, 0.1) is 0 Å². The minimum absolute atomic E-state index is 0.0395. The molecule has 0 saturated carbocycles. The Kier molecular flexibility index (Phi) is 3.82. The summed E-state index contributed by atoms with van der Waals surface area (Å²) in [5.74, 6) is 0.0395. The number of nitrogens with one attached hydrogen (secondary N) is 1. The summed E-state index contributed by atoms with van der Waals surface area (Å²) < 4.78 is 1.79. The fourth-order valence-electron chi connectivity index (χ4n) is 2.30. The lowest BCUT2D eigenvalue weighted by Crippen LogP contribution is -2.33. The van der Waals surface area contributed by atoms with Gasteiger partial charge in [-0.25, -0.2) is 0 Å². The van der Waals surface area contributed by atoms with Gasteiger partial charge in [-0.1, -0.05) is 6.42 Å². The van der Waals surface area contributed by atoms with Gasteiger partial charge in [0.2, 0.25) is 5.91 Å². The number of nitrogens with zero attached hydrogens (tertiary/aromatic N) is 2. The predicted octanol–water partition coefficient (Wildman–Crippen LogP) is 1.68. The maximum Gasteiger partial charge on any atom is 0.241 e. The number of carbonyl (C=O) groups is 1. The summed E-state index contributed by atoms with van der Waals surface area (Å²) in [6.45, 7) is 4.28. The Bertz CT molecular complexity index is 372. The van der Waals surface area contributed by atoms with Crippen molar-refractivity contribution in [1.29, 1.82) is 0 Å². The third kappa shape index (κ3) is 3.32. The van der Waals surface area contributed by atoms with Crippen molar-refractivity contribution < 1.29 is 4.79 Å². The maximum absolute atomic E-state index is 11.6. The van der Waals surface area contributed by atoms with Gasteiger partial charge in [-0.2, -0.15) is 5.10 Å². The Morgan fingerprint density at radius 2 is 2.18 bits per heavy atom. The van der Waals surface area contributed by atoms with E-state index in [2.05, 4.69) is 10.4 Å². The molecular formula is C13H21N3O. The van der Waals surface area contributed by atoms with Crippen LogP contribution in [0.3, 0.4) is 0 Å². The second kappa shape index (κ2) is 5.34. The van der Waals surface area contributed by atoms with E-state index in [0.717, 1.165) is 12.8 Å². The molecule has 1 aliphatic rings. The Hall–Kier alpha value is -1.32. The quantitative estimate of drug-likeness (QED) is 0.810. The van der Waals surface area contributed by atoms with Crippen molar-refractivity contribution >= 4 is 5.91 Å². The second-order valence-corrected chi connectivity index (χ2v) is 5.08. The van der Waals surface area contributed by atoms with Crippen LogP contribution in [0.2, 0.25) is 0 Å². The number of hydrogen-bond donors (Lipinski definition) is 1. The van der Waals surface area contributed by atoms with Crippen molar-refractivity contribution in [3.05, 3.63) is 17.5 Å². The molecule has 4 nitrogen and oxygen atoms in total. The van der Waals surface area contributed by atoms with Crippen molar-refractivity contribution in [3.63, 3.8) is 0 Å². The summed E-state index contributed by atoms with van der Waals surface area (Å²) in [6, 6.07) is 0.191. The van der Waals surface area contributed by atoms with Crippen LogP contribution in [-0.2, 0) is 24.2 Å². The van der Waals surface area contributed by atoms with Crippen molar-refractivity contribution in [1.82, 2.24) is 15.1 Å². The molecule has 94 valence electrons. The molecule has 1 heterocycles. The van der Waals surface area contributed by atoms with Crippen LogP contribution in [0.5, 0.6) is 0 Å². The zero-order valence-electron chi connectivity index (χ0n) is 10.7. The fraction of sp³-hybridized carbons (Fsp3) is 0.692. The summed E-state index contributed by atoms with van der Waals surface area (Å²) in [4.78, 5) is 11.6. The number of rotatable bonds is 3. The maximum atomic E-state index is 11.6. The molecule has 0 unspecified atom stereocenters. The van der Waals surface area contributed by atoms with E-state index in [9.17, 15) is 4.79 Å². The van der Waals surface area contributed by atoms with E-state index in [4.69, 9.17) is 0 Å². The highest BCUT2D eigenvalue weighted by atomic mass is 16.2. The van der Waals surface area contributed by atoms with Crippen LogP contribution in [-0.4, -0.2) is 21.7 Å². The highest BCUT2D eigenvalue weighted by Crippen LogP contribution is 2.18. The van der Waals surface area contributed by atoms with Gasteiger partial charge in [-0.05, 0) is 45.1 Å². The molecule has 1 aliphatic carbocycles. The van der Waals surface area contributed by atoms with Crippen LogP contribution < -0.4 is 5.32 Å². The van der Waals surface area contributed by atoms with Gasteiger partial charge in [0.25, 0.3) is 0 Å². The summed E-state index contributed by atoms with van der Waals surface area (Å²) in [6.07, 6.45) is 7.99. The van der Waals surface area contributed by atoms with Gasteiger partial charge in [-0.3, -0.25) is 9.48 Å². The largest absolute Gasteiger partial charge is 0.352 e. The summed E-state index contributed by atoms with van der Waals surface area (Å²) in [7, 11) is 0. The van der Waals surface area contributed by atoms with E-state index in [1.165, 1.54) is 30.5 Å². The van der Waals surface area contributed by atoms with Crippen LogP contribution in [0.25, 0.3) is 0 Å². The van der Waals surface area contributed by atoms with Gasteiger partial charge in [0, 0.05) is 12.2 Å². The normalized spacial score (nSPS) is 15.5. The molecule has 4 heteroatoms. The standard InChI is InChI=1S/C13H21N3O/c1-10(2)14-13(17)9-16-8-11-6-4-3-5-7-12(11)15-16/h8,10H,3-7,9H2,1-2H3,(H,14,17). The molecule has 1 amide bonds. The molecule has 0 bridgehead atoms. The first kappa shape index (κ1) is 12.1. The van der Waals surface area contributed by atoms with Crippen LogP contribution in [0.4, 0.5) is 0 Å². The highest BCUT2D eigenvalue weighted by Gasteiger charge is 2.13. The van der Waals surface area contributed by atoms with E-state index in [1.54, 1.807) is 4.68 Å². The zero-order chi connectivity index (χ0) is 12.3. The molecule has 0 radical (unpaired) electrons. The Morgan fingerprint density at radius 3 is 2.94 bits per heavy atom. The Morgan fingerprint density at radius 1 is 1.41 bits per heavy atom. The van der Waals surface area contributed by atoms with E-state index >= 15 is 0 Å². The first-order valence-electron chi connectivity index (χ1n) is 6.49. The van der Waals surface area contributed by atoms with Gasteiger partial charge >= 0.3 is 0 Å². The Balaban J connectivity index is 2.00. The molecular weight excluding hydrogens is 214 g/mol. The number of aromatic nitrogens is 2. The number of amides is 1. The third-order valence-corrected chi connectivity index (χ3v) is 3.04. The molecule has 2 rings (SSSR count). The SMILES string of the molecule is CC(C)NC(=O)Cn1cc2c(n1)CCCCC2. The molecule has 0 spiro atoms. The lowest BCUT2D eigenvalue weighted by atomic mass is 10.1. The van der Waals surface area contributed by atoms with Crippen molar-refractivity contribution in [3.8, 4) is 0 Å². The molecule has 0 saturated heterocycles. The molecule has 1 N–H and O–H groups in total. The fourth-order valence-corrected chi connectivity index (χ4v) is 2.30. The topological polar surface area (TPSA) is 46.9 Å². The van der Waals surface area contributed by atoms with Crippen LogP contribution in [0.15, 0.2) is 6.20 Å². The first-order valence-corrected chi connectivity index (χ1v) is 6.49. The molecule has 0 aliphatic heterocycles. The summed E-state index contributed by atoms with van der Waals surface area (Å²) in [5.41, 5.74) is 2.53. The molecule has 1 aromatic rings. The van der Waals surface area contributed by atoms with Gasteiger partial charge in [0.05, 0.1) is 5.69 Å². The number of aryl methyl sites for hydroxylation is 2. The number of carbonyl (C=O) groups excluding carboxylic acids is 1. The first-order chi connectivity index (χ1) is 8.15. The smallest absolute Gasteiger partial charge is 0.241 e. The highest BCUT2D eigenvalue weighted by molar-refractivity contribution is 5.75. The third-order valence-electron chi connectivity index (χ3n) is 3.04. The van der Waals surface area contributed by atoms with Crippen molar-refractivity contribution in [2.24, 2.45) is 0 Å². The minimum atomic E-state index is 0.0395. The van der Waals surface area contributed by atoms with E-state index in [-0.39, 0.29) is 11.9 Å². The predicted molar refractivity (Wildman–Crippen MR) is 66.8 cm³/mol. The molecule has 0 fully saturated rings. The molecule has 0 atom stereocenters. The van der Waals surface area contributed by atoms with Gasteiger partial charge in [-0.15, -0.1) is 0 Å². The summed E-state index contributed by atoms with van der Waals surface area (Å²) >= 11 is 0.